The molecule has 2 saturated heterocycles. The standard InChI is InChI=1S/C23H29N3O3/c1-28-22-10-3-2-6-18(22)16-19-7-4-8-20(24-19)21-9-5-11-26(21)23(27)17-25-12-14-29-15-13-25/h2-4,6-8,10,21H,5,9,11-17H2,1H3. The summed E-state index contributed by atoms with van der Waals surface area (Å²) in [5.41, 5.74) is 3.11. The van der Waals surface area contributed by atoms with Gasteiger partial charge in [0, 0.05) is 37.3 Å². The number of carbonyl (C=O) groups is 1. The summed E-state index contributed by atoms with van der Waals surface area (Å²) in [5, 5.41) is 0. The smallest absolute Gasteiger partial charge is 0.237 e. The van der Waals surface area contributed by atoms with Crippen LogP contribution in [-0.2, 0) is 16.0 Å². The van der Waals surface area contributed by atoms with Crippen LogP contribution >= 0.6 is 0 Å². The first-order valence-electron chi connectivity index (χ1n) is 10.4. The molecule has 0 saturated carbocycles. The Morgan fingerprint density at radius 2 is 1.97 bits per heavy atom. The van der Waals surface area contributed by atoms with Gasteiger partial charge >= 0.3 is 0 Å². The van der Waals surface area contributed by atoms with Crippen molar-refractivity contribution in [2.24, 2.45) is 0 Å². The number of ether oxygens (including phenoxy) is 2. The first-order valence-corrected chi connectivity index (χ1v) is 10.4. The van der Waals surface area contributed by atoms with Gasteiger partial charge in [-0.2, -0.15) is 0 Å². The number of pyridine rings is 1. The summed E-state index contributed by atoms with van der Waals surface area (Å²) in [4.78, 5) is 22.1. The third kappa shape index (κ3) is 4.77. The van der Waals surface area contributed by atoms with Crippen LogP contribution in [0.3, 0.4) is 0 Å². The predicted octanol–water partition coefficient (Wildman–Crippen LogP) is 2.68. The van der Waals surface area contributed by atoms with Crippen molar-refractivity contribution >= 4 is 5.91 Å². The number of hydrogen-bond acceptors (Lipinski definition) is 5. The highest BCUT2D eigenvalue weighted by atomic mass is 16.5. The minimum absolute atomic E-state index is 0.0705. The molecule has 1 atom stereocenters. The summed E-state index contributed by atoms with van der Waals surface area (Å²) in [6.07, 6.45) is 2.71. The summed E-state index contributed by atoms with van der Waals surface area (Å²) in [6.45, 7) is 4.37. The molecule has 0 radical (unpaired) electrons. The van der Waals surface area contributed by atoms with E-state index in [9.17, 15) is 4.79 Å². The summed E-state index contributed by atoms with van der Waals surface area (Å²) in [5.74, 6) is 1.08. The van der Waals surface area contributed by atoms with Gasteiger partial charge in [-0.25, -0.2) is 0 Å². The number of likely N-dealkylation sites (tertiary alicyclic amines) is 1. The Kier molecular flexibility index (Phi) is 6.42. The highest BCUT2D eigenvalue weighted by molar-refractivity contribution is 5.79. The quantitative estimate of drug-likeness (QED) is 0.753. The molecule has 0 N–H and O–H groups in total. The molecule has 154 valence electrons. The fraction of sp³-hybridized carbons (Fsp3) is 0.478. The first kappa shape index (κ1) is 19.9. The van der Waals surface area contributed by atoms with Crippen LogP contribution in [0, 0.1) is 0 Å². The number of rotatable bonds is 6. The Morgan fingerprint density at radius 1 is 1.14 bits per heavy atom. The van der Waals surface area contributed by atoms with Gasteiger partial charge < -0.3 is 14.4 Å². The second-order valence-corrected chi connectivity index (χ2v) is 7.68. The summed E-state index contributed by atoms with van der Waals surface area (Å²) in [6, 6.07) is 14.3. The van der Waals surface area contributed by atoms with Crippen molar-refractivity contribution in [2.75, 3.05) is 46.5 Å². The van der Waals surface area contributed by atoms with E-state index in [1.807, 2.05) is 29.2 Å². The molecule has 4 rings (SSSR count). The third-order valence-electron chi connectivity index (χ3n) is 5.77. The molecule has 2 aromatic rings. The van der Waals surface area contributed by atoms with Crippen LogP contribution in [-0.4, -0.2) is 67.2 Å². The number of amides is 1. The average Bonchev–Trinajstić information content (AvgIpc) is 3.25. The predicted molar refractivity (Wildman–Crippen MR) is 111 cm³/mol. The molecule has 2 fully saturated rings. The van der Waals surface area contributed by atoms with E-state index >= 15 is 0 Å². The van der Waals surface area contributed by atoms with Crippen LogP contribution in [0.1, 0.15) is 35.8 Å². The van der Waals surface area contributed by atoms with Gasteiger partial charge in [0.1, 0.15) is 5.75 Å². The zero-order valence-corrected chi connectivity index (χ0v) is 17.0. The Bertz CT molecular complexity index is 836. The summed E-state index contributed by atoms with van der Waals surface area (Å²) in [7, 11) is 1.69. The summed E-state index contributed by atoms with van der Waals surface area (Å²) < 4.78 is 10.9. The normalized spacial score (nSPS) is 20.0. The van der Waals surface area contributed by atoms with Gasteiger partial charge in [-0.3, -0.25) is 14.7 Å². The zero-order chi connectivity index (χ0) is 20.1. The SMILES string of the molecule is COc1ccccc1Cc1cccc(C2CCCN2C(=O)CN2CCOCC2)n1. The maximum Gasteiger partial charge on any atom is 0.237 e. The maximum atomic E-state index is 13.0. The minimum Gasteiger partial charge on any atom is -0.496 e. The van der Waals surface area contributed by atoms with Crippen molar-refractivity contribution in [3.8, 4) is 5.75 Å². The number of benzene rings is 1. The molecule has 6 nitrogen and oxygen atoms in total. The van der Waals surface area contributed by atoms with Gasteiger partial charge in [0.15, 0.2) is 0 Å². The van der Waals surface area contributed by atoms with E-state index in [4.69, 9.17) is 14.5 Å². The van der Waals surface area contributed by atoms with Crippen LogP contribution in [0.5, 0.6) is 5.75 Å². The Hall–Kier alpha value is -2.44. The minimum atomic E-state index is 0.0705. The van der Waals surface area contributed by atoms with Gasteiger partial charge in [-0.05, 0) is 31.0 Å². The van der Waals surface area contributed by atoms with Crippen LogP contribution < -0.4 is 4.74 Å². The van der Waals surface area contributed by atoms with Crippen LogP contribution in [0.2, 0.25) is 0 Å². The van der Waals surface area contributed by atoms with Crippen molar-refractivity contribution in [2.45, 2.75) is 25.3 Å². The lowest BCUT2D eigenvalue weighted by atomic mass is 10.1. The van der Waals surface area contributed by atoms with Crippen molar-refractivity contribution in [1.29, 1.82) is 0 Å². The van der Waals surface area contributed by atoms with Crippen molar-refractivity contribution in [3.05, 3.63) is 59.4 Å². The fourth-order valence-corrected chi connectivity index (χ4v) is 4.24. The van der Waals surface area contributed by atoms with E-state index in [0.29, 0.717) is 26.2 Å². The molecule has 1 aromatic carbocycles. The average molecular weight is 396 g/mol. The van der Waals surface area contributed by atoms with E-state index in [-0.39, 0.29) is 11.9 Å². The Labute approximate surface area is 172 Å². The molecular weight excluding hydrogens is 366 g/mol. The Balaban J connectivity index is 1.47. The van der Waals surface area contributed by atoms with E-state index in [0.717, 1.165) is 55.2 Å². The van der Waals surface area contributed by atoms with E-state index in [1.165, 1.54) is 0 Å². The second kappa shape index (κ2) is 9.37. The number of para-hydroxylation sites is 1. The summed E-state index contributed by atoms with van der Waals surface area (Å²) >= 11 is 0. The monoisotopic (exact) mass is 395 g/mol. The Morgan fingerprint density at radius 3 is 2.79 bits per heavy atom. The number of morpholine rings is 1. The number of nitrogens with zero attached hydrogens (tertiary/aromatic N) is 3. The van der Waals surface area contributed by atoms with Crippen molar-refractivity contribution < 1.29 is 14.3 Å². The van der Waals surface area contributed by atoms with Gasteiger partial charge in [-0.15, -0.1) is 0 Å². The number of methoxy groups -OCH3 is 1. The van der Waals surface area contributed by atoms with Gasteiger partial charge in [0.05, 0.1) is 38.6 Å². The third-order valence-corrected chi connectivity index (χ3v) is 5.77. The molecular formula is C23H29N3O3. The van der Waals surface area contributed by atoms with E-state index in [1.54, 1.807) is 7.11 Å². The molecule has 1 amide bonds. The molecule has 0 aliphatic carbocycles. The van der Waals surface area contributed by atoms with Gasteiger partial charge in [0.2, 0.25) is 5.91 Å². The van der Waals surface area contributed by atoms with Crippen LogP contribution in [0.4, 0.5) is 0 Å². The number of carbonyl (C=O) groups excluding carboxylic acids is 1. The second-order valence-electron chi connectivity index (χ2n) is 7.68. The van der Waals surface area contributed by atoms with E-state index < -0.39 is 0 Å². The number of hydrogen-bond donors (Lipinski definition) is 0. The van der Waals surface area contributed by atoms with Crippen LogP contribution in [0.15, 0.2) is 42.5 Å². The van der Waals surface area contributed by atoms with Crippen LogP contribution in [0.25, 0.3) is 0 Å². The number of aromatic nitrogens is 1. The highest BCUT2D eigenvalue weighted by Crippen LogP contribution is 2.31. The molecule has 3 heterocycles. The molecule has 6 heteroatoms. The molecule has 0 bridgehead atoms. The highest BCUT2D eigenvalue weighted by Gasteiger charge is 2.32. The van der Waals surface area contributed by atoms with Crippen molar-refractivity contribution in [3.63, 3.8) is 0 Å². The fourth-order valence-electron chi connectivity index (χ4n) is 4.24. The largest absolute Gasteiger partial charge is 0.496 e. The van der Waals surface area contributed by atoms with E-state index in [2.05, 4.69) is 23.1 Å². The topological polar surface area (TPSA) is 54.9 Å². The molecule has 2 aliphatic rings. The lowest BCUT2D eigenvalue weighted by Crippen LogP contribution is -2.44. The maximum absolute atomic E-state index is 13.0. The lowest BCUT2D eigenvalue weighted by Gasteiger charge is -2.30. The molecule has 1 unspecified atom stereocenters. The van der Waals surface area contributed by atoms with Gasteiger partial charge in [0.25, 0.3) is 0 Å². The first-order chi connectivity index (χ1) is 14.2. The molecule has 1 aromatic heterocycles. The molecule has 0 spiro atoms. The zero-order valence-electron chi connectivity index (χ0n) is 17.0. The van der Waals surface area contributed by atoms with Crippen molar-refractivity contribution in [1.82, 2.24) is 14.8 Å². The molecule has 29 heavy (non-hydrogen) atoms. The lowest BCUT2D eigenvalue weighted by molar-refractivity contribution is -0.134. The molecule has 2 aliphatic heterocycles. The van der Waals surface area contributed by atoms with Gasteiger partial charge in [-0.1, -0.05) is 24.3 Å².